The van der Waals surface area contributed by atoms with Crippen molar-refractivity contribution in [1.29, 1.82) is 0 Å². The first-order valence-electron chi connectivity index (χ1n) is 5.37. The molecule has 1 aromatic heterocycles. The summed E-state index contributed by atoms with van der Waals surface area (Å²) in [6.45, 7) is 0. The molecule has 0 spiro atoms. The number of halogens is 1. The molecule has 1 aromatic carbocycles. The highest BCUT2D eigenvalue weighted by atomic mass is 19.1. The zero-order valence-corrected chi connectivity index (χ0v) is 9.91. The van der Waals surface area contributed by atoms with Gasteiger partial charge in [-0.1, -0.05) is 0 Å². The van der Waals surface area contributed by atoms with Crippen LogP contribution in [0.4, 0.5) is 21.6 Å². The monoisotopic (exact) mass is 277 g/mol. The largest absolute Gasteiger partial charge is 0.478 e. The van der Waals surface area contributed by atoms with Crippen molar-refractivity contribution >= 4 is 23.2 Å². The second-order valence-electron chi connectivity index (χ2n) is 3.78. The molecule has 0 fully saturated rings. The van der Waals surface area contributed by atoms with Crippen molar-refractivity contribution in [3.8, 4) is 0 Å². The second kappa shape index (κ2) is 5.31. The lowest BCUT2D eigenvalue weighted by Crippen LogP contribution is -2.02. The number of rotatable bonds is 4. The molecule has 1 heterocycles. The predicted molar refractivity (Wildman–Crippen MR) is 67.5 cm³/mol. The van der Waals surface area contributed by atoms with Gasteiger partial charge in [0.25, 0.3) is 5.69 Å². The SMILES string of the molecule is O=C(O)c1ccc(Nc2cc([N+](=O)[O-])ccn2)cc1F. The van der Waals surface area contributed by atoms with Crippen molar-refractivity contribution < 1.29 is 19.2 Å². The molecule has 2 rings (SSSR count). The third-order valence-corrected chi connectivity index (χ3v) is 2.43. The van der Waals surface area contributed by atoms with E-state index < -0.39 is 22.3 Å². The maximum atomic E-state index is 13.5. The van der Waals surface area contributed by atoms with Gasteiger partial charge in [-0.2, -0.15) is 0 Å². The molecule has 8 heteroatoms. The van der Waals surface area contributed by atoms with Crippen LogP contribution in [0.3, 0.4) is 0 Å². The molecule has 102 valence electrons. The molecule has 2 N–H and O–H groups in total. The van der Waals surface area contributed by atoms with E-state index in [9.17, 15) is 19.3 Å². The van der Waals surface area contributed by atoms with Crippen LogP contribution >= 0.6 is 0 Å². The van der Waals surface area contributed by atoms with E-state index in [0.717, 1.165) is 12.1 Å². The highest BCUT2D eigenvalue weighted by Gasteiger charge is 2.11. The topological polar surface area (TPSA) is 105 Å². The third-order valence-electron chi connectivity index (χ3n) is 2.43. The number of carbonyl (C=O) groups is 1. The van der Waals surface area contributed by atoms with Crippen molar-refractivity contribution in [2.24, 2.45) is 0 Å². The van der Waals surface area contributed by atoms with Gasteiger partial charge in [0.15, 0.2) is 0 Å². The number of nitro groups is 1. The summed E-state index contributed by atoms with van der Waals surface area (Å²) in [6, 6.07) is 5.82. The Hall–Kier alpha value is -3.03. The van der Waals surface area contributed by atoms with Crippen molar-refractivity contribution in [2.75, 3.05) is 5.32 Å². The molecular weight excluding hydrogens is 269 g/mol. The molecule has 0 aliphatic heterocycles. The number of nitrogens with one attached hydrogen (secondary N) is 1. The number of aromatic nitrogens is 1. The zero-order chi connectivity index (χ0) is 14.7. The van der Waals surface area contributed by atoms with Gasteiger partial charge in [0, 0.05) is 18.0 Å². The average Bonchev–Trinajstić information content (AvgIpc) is 2.38. The van der Waals surface area contributed by atoms with Gasteiger partial charge in [0.2, 0.25) is 0 Å². The Morgan fingerprint density at radius 3 is 2.70 bits per heavy atom. The van der Waals surface area contributed by atoms with E-state index >= 15 is 0 Å². The summed E-state index contributed by atoms with van der Waals surface area (Å²) >= 11 is 0. The number of anilines is 2. The van der Waals surface area contributed by atoms with Crippen molar-refractivity contribution in [3.05, 3.63) is 58.0 Å². The first kappa shape index (κ1) is 13.4. The smallest absolute Gasteiger partial charge is 0.338 e. The van der Waals surface area contributed by atoms with Crippen LogP contribution in [-0.2, 0) is 0 Å². The minimum Gasteiger partial charge on any atom is -0.478 e. The van der Waals surface area contributed by atoms with E-state index in [1.807, 2.05) is 0 Å². The number of aromatic carboxylic acids is 1. The van der Waals surface area contributed by atoms with Gasteiger partial charge in [-0.3, -0.25) is 10.1 Å². The van der Waals surface area contributed by atoms with Gasteiger partial charge in [-0.25, -0.2) is 14.2 Å². The normalized spacial score (nSPS) is 10.1. The summed E-state index contributed by atoms with van der Waals surface area (Å²) in [5, 5.41) is 22.0. The summed E-state index contributed by atoms with van der Waals surface area (Å²) in [5.41, 5.74) is -0.381. The number of hydrogen-bond acceptors (Lipinski definition) is 5. The summed E-state index contributed by atoms with van der Waals surface area (Å²) in [6.07, 6.45) is 1.24. The maximum Gasteiger partial charge on any atom is 0.338 e. The molecule has 0 radical (unpaired) electrons. The Balaban J connectivity index is 2.26. The lowest BCUT2D eigenvalue weighted by Gasteiger charge is -2.06. The maximum absolute atomic E-state index is 13.5. The van der Waals surface area contributed by atoms with Crippen LogP contribution in [-0.4, -0.2) is 21.0 Å². The molecule has 0 saturated carbocycles. The summed E-state index contributed by atoms with van der Waals surface area (Å²) in [5.74, 6) is -2.13. The fourth-order valence-corrected chi connectivity index (χ4v) is 1.52. The number of carboxylic acids is 1. The van der Waals surface area contributed by atoms with Gasteiger partial charge >= 0.3 is 5.97 Å². The Labute approximate surface area is 111 Å². The fraction of sp³-hybridized carbons (Fsp3) is 0. The number of benzene rings is 1. The summed E-state index contributed by atoms with van der Waals surface area (Å²) in [7, 11) is 0. The summed E-state index contributed by atoms with van der Waals surface area (Å²) in [4.78, 5) is 24.5. The van der Waals surface area contributed by atoms with Crippen LogP contribution in [0.2, 0.25) is 0 Å². The highest BCUT2D eigenvalue weighted by Crippen LogP contribution is 2.21. The van der Waals surface area contributed by atoms with Gasteiger partial charge in [-0.05, 0) is 18.2 Å². The molecule has 0 aliphatic carbocycles. The number of carboxylic acid groups (broad SMARTS) is 1. The zero-order valence-electron chi connectivity index (χ0n) is 9.91. The van der Waals surface area contributed by atoms with E-state index in [4.69, 9.17) is 5.11 Å². The molecule has 0 unspecified atom stereocenters. The number of hydrogen-bond donors (Lipinski definition) is 2. The first-order valence-corrected chi connectivity index (χ1v) is 5.37. The Morgan fingerprint density at radius 1 is 1.35 bits per heavy atom. The predicted octanol–water partition coefficient (Wildman–Crippen LogP) is 2.57. The average molecular weight is 277 g/mol. The first-order chi connectivity index (χ1) is 9.47. The van der Waals surface area contributed by atoms with Crippen molar-refractivity contribution in [3.63, 3.8) is 0 Å². The van der Waals surface area contributed by atoms with E-state index in [1.165, 1.54) is 24.4 Å². The van der Waals surface area contributed by atoms with Crippen molar-refractivity contribution in [2.45, 2.75) is 0 Å². The van der Waals surface area contributed by atoms with Crippen LogP contribution < -0.4 is 5.32 Å². The lowest BCUT2D eigenvalue weighted by molar-refractivity contribution is -0.384. The van der Waals surface area contributed by atoms with Crippen LogP contribution in [0.1, 0.15) is 10.4 Å². The standard InChI is InChI=1S/C12H8FN3O4/c13-10-5-7(1-2-9(10)12(17)18)15-11-6-8(16(19)20)3-4-14-11/h1-6H,(H,14,15)(H,17,18). The molecule has 0 bridgehead atoms. The molecule has 0 amide bonds. The Kier molecular flexibility index (Phi) is 3.56. The van der Waals surface area contributed by atoms with Gasteiger partial charge in [-0.15, -0.1) is 0 Å². The van der Waals surface area contributed by atoms with Crippen LogP contribution in [0.5, 0.6) is 0 Å². The van der Waals surface area contributed by atoms with Gasteiger partial charge in [0.05, 0.1) is 16.6 Å². The van der Waals surface area contributed by atoms with E-state index in [0.29, 0.717) is 0 Å². The third kappa shape index (κ3) is 2.86. The molecular formula is C12H8FN3O4. The van der Waals surface area contributed by atoms with E-state index in [1.54, 1.807) is 0 Å². The van der Waals surface area contributed by atoms with E-state index in [-0.39, 0.29) is 17.2 Å². The van der Waals surface area contributed by atoms with Gasteiger partial charge in [0.1, 0.15) is 11.6 Å². The van der Waals surface area contributed by atoms with Crippen LogP contribution in [0, 0.1) is 15.9 Å². The quantitative estimate of drug-likeness (QED) is 0.657. The number of nitrogens with zero attached hydrogens (tertiary/aromatic N) is 2. The molecule has 20 heavy (non-hydrogen) atoms. The van der Waals surface area contributed by atoms with E-state index in [2.05, 4.69) is 10.3 Å². The molecule has 0 saturated heterocycles. The highest BCUT2D eigenvalue weighted by molar-refractivity contribution is 5.88. The summed E-state index contributed by atoms with van der Waals surface area (Å²) < 4.78 is 13.5. The lowest BCUT2D eigenvalue weighted by atomic mass is 10.2. The fourth-order valence-electron chi connectivity index (χ4n) is 1.52. The van der Waals surface area contributed by atoms with Gasteiger partial charge < -0.3 is 10.4 Å². The molecule has 0 atom stereocenters. The van der Waals surface area contributed by atoms with Crippen LogP contribution in [0.25, 0.3) is 0 Å². The Morgan fingerprint density at radius 2 is 2.10 bits per heavy atom. The minimum absolute atomic E-state index is 0.154. The second-order valence-corrected chi connectivity index (χ2v) is 3.78. The van der Waals surface area contributed by atoms with Crippen molar-refractivity contribution in [1.82, 2.24) is 4.98 Å². The molecule has 0 aliphatic rings. The minimum atomic E-state index is -1.37. The Bertz CT molecular complexity index is 690. The van der Waals surface area contributed by atoms with Crippen LogP contribution in [0.15, 0.2) is 36.5 Å². The molecule has 7 nitrogen and oxygen atoms in total. The number of pyridine rings is 1. The molecule has 2 aromatic rings.